The van der Waals surface area contributed by atoms with Crippen molar-refractivity contribution in [2.75, 3.05) is 12.9 Å². The SMILES string of the molecule is CCC1CSC(c2ccc(COC)cc2)N1. The van der Waals surface area contributed by atoms with Crippen LogP contribution in [0.15, 0.2) is 24.3 Å². The Hall–Kier alpha value is -0.510. The number of thioether (sulfide) groups is 1. The van der Waals surface area contributed by atoms with Crippen LogP contribution in [0.25, 0.3) is 0 Å². The molecule has 0 aromatic heterocycles. The fraction of sp³-hybridized carbons (Fsp3) is 0.538. The van der Waals surface area contributed by atoms with Crippen LogP contribution < -0.4 is 5.32 Å². The molecule has 2 atom stereocenters. The Balaban J connectivity index is 1.99. The maximum atomic E-state index is 5.11. The third kappa shape index (κ3) is 2.78. The molecule has 88 valence electrons. The van der Waals surface area contributed by atoms with Crippen molar-refractivity contribution in [1.29, 1.82) is 0 Å². The molecule has 1 N–H and O–H groups in total. The molecule has 1 aliphatic heterocycles. The zero-order chi connectivity index (χ0) is 11.4. The fourth-order valence-corrected chi connectivity index (χ4v) is 3.30. The first-order valence-corrected chi connectivity index (χ1v) is 6.83. The molecule has 3 heteroatoms. The van der Waals surface area contributed by atoms with Gasteiger partial charge in [0.05, 0.1) is 12.0 Å². The molecule has 1 aliphatic rings. The summed E-state index contributed by atoms with van der Waals surface area (Å²) in [4.78, 5) is 0. The molecule has 1 aromatic rings. The first kappa shape index (κ1) is 12.0. The molecule has 0 saturated carbocycles. The Morgan fingerprint density at radius 1 is 1.38 bits per heavy atom. The highest BCUT2D eigenvalue weighted by atomic mass is 32.2. The van der Waals surface area contributed by atoms with Crippen LogP contribution in [0.2, 0.25) is 0 Å². The van der Waals surface area contributed by atoms with Gasteiger partial charge in [0.25, 0.3) is 0 Å². The fourth-order valence-electron chi connectivity index (χ4n) is 1.91. The van der Waals surface area contributed by atoms with Crippen molar-refractivity contribution in [3.63, 3.8) is 0 Å². The van der Waals surface area contributed by atoms with Crippen molar-refractivity contribution in [3.8, 4) is 0 Å². The predicted octanol–water partition coefficient (Wildman–Crippen LogP) is 2.95. The third-order valence-corrected chi connectivity index (χ3v) is 4.27. The van der Waals surface area contributed by atoms with Gasteiger partial charge in [-0.1, -0.05) is 31.2 Å². The summed E-state index contributed by atoms with van der Waals surface area (Å²) < 4.78 is 5.11. The molecule has 1 fully saturated rings. The summed E-state index contributed by atoms with van der Waals surface area (Å²) in [6, 6.07) is 9.39. The lowest BCUT2D eigenvalue weighted by molar-refractivity contribution is 0.185. The minimum absolute atomic E-state index is 0.474. The van der Waals surface area contributed by atoms with Gasteiger partial charge in [-0.15, -0.1) is 11.8 Å². The topological polar surface area (TPSA) is 21.3 Å². The summed E-state index contributed by atoms with van der Waals surface area (Å²) in [5, 5.41) is 4.11. The van der Waals surface area contributed by atoms with Crippen molar-refractivity contribution in [1.82, 2.24) is 5.32 Å². The quantitative estimate of drug-likeness (QED) is 0.870. The van der Waals surface area contributed by atoms with Crippen LogP contribution in [0, 0.1) is 0 Å². The average molecular weight is 237 g/mol. The van der Waals surface area contributed by atoms with Crippen molar-refractivity contribution in [3.05, 3.63) is 35.4 Å². The van der Waals surface area contributed by atoms with E-state index >= 15 is 0 Å². The van der Waals surface area contributed by atoms with E-state index in [1.54, 1.807) is 7.11 Å². The standard InChI is InChI=1S/C13H19NOS/c1-3-12-9-16-13(14-12)11-6-4-10(5-7-11)8-15-2/h4-7,12-14H,3,8-9H2,1-2H3. The van der Waals surface area contributed by atoms with Crippen LogP contribution in [0.3, 0.4) is 0 Å². The second-order valence-corrected chi connectivity index (χ2v) is 5.30. The van der Waals surface area contributed by atoms with Crippen LogP contribution in [-0.4, -0.2) is 18.9 Å². The summed E-state index contributed by atoms with van der Waals surface area (Å²) in [6.07, 6.45) is 1.21. The number of methoxy groups -OCH3 is 1. The molecule has 1 aromatic carbocycles. The molecular formula is C13H19NOS. The van der Waals surface area contributed by atoms with Crippen LogP contribution in [0.5, 0.6) is 0 Å². The molecule has 0 bridgehead atoms. The van der Waals surface area contributed by atoms with Crippen LogP contribution >= 0.6 is 11.8 Å². The Morgan fingerprint density at radius 3 is 2.69 bits per heavy atom. The highest BCUT2D eigenvalue weighted by Gasteiger charge is 2.23. The third-order valence-electron chi connectivity index (χ3n) is 2.94. The maximum absolute atomic E-state index is 5.11. The molecule has 2 unspecified atom stereocenters. The van der Waals surface area contributed by atoms with Gasteiger partial charge < -0.3 is 4.74 Å². The van der Waals surface area contributed by atoms with Gasteiger partial charge in [-0.05, 0) is 17.5 Å². The number of ether oxygens (including phenoxy) is 1. The van der Waals surface area contributed by atoms with Crippen LogP contribution in [-0.2, 0) is 11.3 Å². The van der Waals surface area contributed by atoms with E-state index in [0.29, 0.717) is 18.0 Å². The van der Waals surface area contributed by atoms with Crippen LogP contribution in [0.4, 0.5) is 0 Å². The molecule has 0 spiro atoms. The van der Waals surface area contributed by atoms with Gasteiger partial charge in [0.2, 0.25) is 0 Å². The molecule has 0 radical (unpaired) electrons. The normalized spacial score (nSPS) is 24.9. The molecule has 0 aliphatic carbocycles. The van der Waals surface area contributed by atoms with E-state index in [9.17, 15) is 0 Å². The molecular weight excluding hydrogens is 218 g/mol. The monoisotopic (exact) mass is 237 g/mol. The summed E-state index contributed by atoms with van der Waals surface area (Å²) in [7, 11) is 1.73. The van der Waals surface area contributed by atoms with Gasteiger partial charge in [-0.25, -0.2) is 0 Å². The number of hydrogen-bond acceptors (Lipinski definition) is 3. The van der Waals surface area contributed by atoms with E-state index in [0.717, 1.165) is 0 Å². The molecule has 0 amide bonds. The Labute approximate surface area is 102 Å². The first-order chi connectivity index (χ1) is 7.83. The average Bonchev–Trinajstić information content (AvgIpc) is 2.79. The minimum Gasteiger partial charge on any atom is -0.380 e. The van der Waals surface area contributed by atoms with E-state index in [1.807, 2.05) is 11.8 Å². The van der Waals surface area contributed by atoms with Gasteiger partial charge in [0.1, 0.15) is 0 Å². The van der Waals surface area contributed by atoms with Crippen molar-refractivity contribution in [2.45, 2.75) is 31.4 Å². The number of benzene rings is 1. The second-order valence-electron chi connectivity index (χ2n) is 4.16. The number of rotatable bonds is 4. The van der Waals surface area contributed by atoms with Gasteiger partial charge in [0.15, 0.2) is 0 Å². The lowest BCUT2D eigenvalue weighted by Gasteiger charge is -2.12. The number of hydrogen-bond donors (Lipinski definition) is 1. The molecule has 2 rings (SSSR count). The van der Waals surface area contributed by atoms with E-state index < -0.39 is 0 Å². The Morgan fingerprint density at radius 2 is 2.12 bits per heavy atom. The summed E-state index contributed by atoms with van der Waals surface area (Å²) in [5.74, 6) is 1.22. The van der Waals surface area contributed by atoms with Gasteiger partial charge >= 0.3 is 0 Å². The van der Waals surface area contributed by atoms with Gasteiger partial charge in [-0.2, -0.15) is 0 Å². The van der Waals surface area contributed by atoms with Gasteiger partial charge in [0, 0.05) is 18.9 Å². The highest BCUT2D eigenvalue weighted by molar-refractivity contribution is 7.99. The predicted molar refractivity (Wildman–Crippen MR) is 69.6 cm³/mol. The molecule has 2 nitrogen and oxygen atoms in total. The highest BCUT2D eigenvalue weighted by Crippen LogP contribution is 2.33. The van der Waals surface area contributed by atoms with E-state index in [4.69, 9.17) is 4.74 Å². The lowest BCUT2D eigenvalue weighted by atomic mass is 10.1. The summed E-state index contributed by atoms with van der Waals surface area (Å²) >= 11 is 2.00. The van der Waals surface area contributed by atoms with E-state index in [2.05, 4.69) is 36.5 Å². The zero-order valence-corrected chi connectivity index (χ0v) is 10.7. The zero-order valence-electron chi connectivity index (χ0n) is 9.90. The van der Waals surface area contributed by atoms with E-state index in [1.165, 1.54) is 23.3 Å². The largest absolute Gasteiger partial charge is 0.380 e. The Bertz CT molecular complexity index is 325. The Kier molecular flexibility index (Phi) is 4.27. The van der Waals surface area contributed by atoms with Crippen LogP contribution in [0.1, 0.15) is 29.8 Å². The second kappa shape index (κ2) is 5.71. The summed E-state index contributed by atoms with van der Waals surface area (Å²) in [5.41, 5.74) is 2.61. The lowest BCUT2D eigenvalue weighted by Crippen LogP contribution is -2.24. The van der Waals surface area contributed by atoms with Crippen molar-refractivity contribution < 1.29 is 4.74 Å². The van der Waals surface area contributed by atoms with Gasteiger partial charge in [-0.3, -0.25) is 5.32 Å². The number of nitrogens with one attached hydrogen (secondary N) is 1. The molecule has 16 heavy (non-hydrogen) atoms. The molecule has 1 heterocycles. The maximum Gasteiger partial charge on any atom is 0.0792 e. The van der Waals surface area contributed by atoms with E-state index in [-0.39, 0.29) is 0 Å². The van der Waals surface area contributed by atoms with Crippen molar-refractivity contribution >= 4 is 11.8 Å². The smallest absolute Gasteiger partial charge is 0.0792 e. The van der Waals surface area contributed by atoms with Crippen molar-refractivity contribution in [2.24, 2.45) is 0 Å². The summed E-state index contributed by atoms with van der Waals surface area (Å²) in [6.45, 7) is 2.94. The first-order valence-electron chi connectivity index (χ1n) is 5.79. The minimum atomic E-state index is 0.474. The molecule has 1 saturated heterocycles.